The fraction of sp³-hybridized carbons (Fsp3) is 0.375. The van der Waals surface area contributed by atoms with Crippen LogP contribution >= 0.6 is 31.9 Å². The standard InChI is InChI=1S/C24H26Br2N4O4/c1-23(2,3)13-34-20-14(9-16(26)11-19(20)30(32)33)12-27-29-21(31)17-10-15(25)7-8-18(17)28-22(29)24(4,5)6/h7-12H,13H2,1-6H3. The molecule has 0 N–H and O–H groups in total. The number of halogens is 2. The molecule has 8 nitrogen and oxygen atoms in total. The van der Waals surface area contributed by atoms with E-state index in [2.05, 4.69) is 37.0 Å². The molecule has 3 aromatic rings. The Balaban J connectivity index is 2.24. The number of nitro benzene ring substituents is 1. The van der Waals surface area contributed by atoms with Crippen molar-refractivity contribution in [3.05, 3.63) is 71.1 Å². The molecule has 3 rings (SSSR count). The van der Waals surface area contributed by atoms with Crippen molar-refractivity contribution in [2.75, 3.05) is 6.61 Å². The van der Waals surface area contributed by atoms with Crippen LogP contribution in [0, 0.1) is 15.5 Å². The Labute approximate surface area is 214 Å². The first-order chi connectivity index (χ1) is 15.7. The molecule has 0 saturated carbocycles. The van der Waals surface area contributed by atoms with Crippen molar-refractivity contribution in [3.8, 4) is 5.75 Å². The Morgan fingerprint density at radius 3 is 2.38 bits per heavy atom. The number of aromatic nitrogens is 2. The topological polar surface area (TPSA) is 99.6 Å². The summed E-state index contributed by atoms with van der Waals surface area (Å²) in [4.78, 5) is 29.3. The van der Waals surface area contributed by atoms with E-state index in [-0.39, 0.29) is 29.0 Å². The van der Waals surface area contributed by atoms with Gasteiger partial charge in [-0.15, -0.1) is 0 Å². The second-order valence-corrected chi connectivity index (χ2v) is 12.0. The number of hydrogen-bond donors (Lipinski definition) is 0. The van der Waals surface area contributed by atoms with Crippen LogP contribution in [0.5, 0.6) is 5.75 Å². The molecule has 0 amide bonds. The van der Waals surface area contributed by atoms with Gasteiger partial charge in [0.2, 0.25) is 5.75 Å². The first kappa shape index (κ1) is 26.0. The second-order valence-electron chi connectivity index (χ2n) is 10.2. The summed E-state index contributed by atoms with van der Waals surface area (Å²) in [6.07, 6.45) is 1.40. The zero-order chi connectivity index (χ0) is 25.4. The first-order valence-electron chi connectivity index (χ1n) is 10.6. The van der Waals surface area contributed by atoms with E-state index in [9.17, 15) is 14.9 Å². The predicted octanol–water partition coefficient (Wildman–Crippen LogP) is 6.43. The molecule has 180 valence electrons. The fourth-order valence-corrected chi connectivity index (χ4v) is 3.96. The lowest BCUT2D eigenvalue weighted by atomic mass is 9.95. The Kier molecular flexibility index (Phi) is 7.33. The van der Waals surface area contributed by atoms with Crippen molar-refractivity contribution >= 4 is 54.7 Å². The lowest BCUT2D eigenvalue weighted by Gasteiger charge is -2.21. The van der Waals surface area contributed by atoms with E-state index in [0.717, 1.165) is 4.47 Å². The quantitative estimate of drug-likeness (QED) is 0.193. The third kappa shape index (κ3) is 5.90. The summed E-state index contributed by atoms with van der Waals surface area (Å²) in [6.45, 7) is 12.0. The summed E-state index contributed by atoms with van der Waals surface area (Å²) < 4.78 is 8.38. The molecule has 0 atom stereocenters. The van der Waals surface area contributed by atoms with Crippen LogP contribution in [0.25, 0.3) is 10.9 Å². The zero-order valence-electron chi connectivity index (χ0n) is 19.8. The van der Waals surface area contributed by atoms with Gasteiger partial charge in [0, 0.05) is 26.0 Å². The molecule has 1 aromatic heterocycles. The van der Waals surface area contributed by atoms with Gasteiger partial charge >= 0.3 is 5.69 Å². The van der Waals surface area contributed by atoms with Crippen molar-refractivity contribution in [1.82, 2.24) is 9.66 Å². The van der Waals surface area contributed by atoms with Gasteiger partial charge in [0.1, 0.15) is 5.82 Å². The van der Waals surface area contributed by atoms with E-state index < -0.39 is 10.3 Å². The van der Waals surface area contributed by atoms with E-state index in [1.165, 1.54) is 17.0 Å². The van der Waals surface area contributed by atoms with E-state index in [1.807, 2.05) is 47.6 Å². The number of ether oxygens (including phenoxy) is 1. The van der Waals surface area contributed by atoms with Crippen molar-refractivity contribution < 1.29 is 9.66 Å². The van der Waals surface area contributed by atoms with Crippen LogP contribution in [0.15, 0.2) is 49.2 Å². The molecule has 0 aliphatic rings. The van der Waals surface area contributed by atoms with Gasteiger partial charge < -0.3 is 4.74 Å². The Hall–Kier alpha value is -2.59. The highest BCUT2D eigenvalue weighted by Gasteiger charge is 2.25. The van der Waals surface area contributed by atoms with Gasteiger partial charge in [0.05, 0.1) is 28.6 Å². The van der Waals surface area contributed by atoms with E-state index in [1.54, 1.807) is 18.2 Å². The third-order valence-electron chi connectivity index (χ3n) is 4.70. The van der Waals surface area contributed by atoms with Crippen LogP contribution < -0.4 is 10.3 Å². The average molecular weight is 594 g/mol. The van der Waals surface area contributed by atoms with Gasteiger partial charge in [-0.25, -0.2) is 4.98 Å². The summed E-state index contributed by atoms with van der Waals surface area (Å²) in [5.41, 5.74) is -0.310. The van der Waals surface area contributed by atoms with Crippen LogP contribution in [0.2, 0.25) is 0 Å². The second kappa shape index (κ2) is 9.58. The van der Waals surface area contributed by atoms with Crippen LogP contribution in [0.4, 0.5) is 5.69 Å². The number of benzene rings is 2. The lowest BCUT2D eigenvalue weighted by molar-refractivity contribution is -0.386. The fourth-order valence-electron chi connectivity index (χ4n) is 3.14. The highest BCUT2D eigenvalue weighted by molar-refractivity contribution is 9.10. The highest BCUT2D eigenvalue weighted by Crippen LogP contribution is 2.35. The van der Waals surface area contributed by atoms with Gasteiger partial charge in [-0.05, 0) is 29.7 Å². The Morgan fingerprint density at radius 2 is 1.79 bits per heavy atom. The van der Waals surface area contributed by atoms with Crippen molar-refractivity contribution in [2.24, 2.45) is 10.5 Å². The summed E-state index contributed by atoms with van der Waals surface area (Å²) in [5, 5.41) is 16.6. The van der Waals surface area contributed by atoms with Crippen molar-refractivity contribution in [3.63, 3.8) is 0 Å². The van der Waals surface area contributed by atoms with E-state index in [0.29, 0.717) is 26.8 Å². The number of fused-ring (bicyclic) bond motifs is 1. The van der Waals surface area contributed by atoms with Gasteiger partial charge in [0.25, 0.3) is 5.56 Å². The molecule has 0 radical (unpaired) electrons. The molecule has 10 heteroatoms. The summed E-state index contributed by atoms with van der Waals surface area (Å²) in [6, 6.07) is 8.36. The first-order valence-corrected chi connectivity index (χ1v) is 12.1. The van der Waals surface area contributed by atoms with Crippen LogP contribution in [0.3, 0.4) is 0 Å². The molecular weight excluding hydrogens is 568 g/mol. The minimum Gasteiger partial charge on any atom is -0.486 e. The Bertz CT molecular complexity index is 1350. The van der Waals surface area contributed by atoms with Gasteiger partial charge in [-0.1, -0.05) is 73.4 Å². The number of nitrogens with zero attached hydrogens (tertiary/aromatic N) is 4. The minimum absolute atomic E-state index is 0.0914. The van der Waals surface area contributed by atoms with Crippen LogP contribution in [0.1, 0.15) is 52.9 Å². The maximum absolute atomic E-state index is 13.4. The molecule has 0 aliphatic carbocycles. The summed E-state index contributed by atoms with van der Waals surface area (Å²) in [7, 11) is 0. The van der Waals surface area contributed by atoms with Gasteiger partial charge in [0.15, 0.2) is 0 Å². The normalized spacial score (nSPS) is 12.5. The molecule has 2 aromatic carbocycles. The zero-order valence-corrected chi connectivity index (χ0v) is 23.0. The SMILES string of the molecule is CC(C)(C)COc1c(C=Nn2c(C(C)(C)C)nc3ccc(Br)cc3c2=O)cc(Br)cc1[N+](=O)[O-]. The minimum atomic E-state index is -0.498. The third-order valence-corrected chi connectivity index (χ3v) is 5.65. The monoisotopic (exact) mass is 592 g/mol. The molecule has 0 bridgehead atoms. The van der Waals surface area contributed by atoms with Gasteiger partial charge in [-0.2, -0.15) is 9.78 Å². The van der Waals surface area contributed by atoms with Gasteiger partial charge in [-0.3, -0.25) is 14.9 Å². The van der Waals surface area contributed by atoms with E-state index >= 15 is 0 Å². The number of hydrogen-bond acceptors (Lipinski definition) is 6. The average Bonchev–Trinajstić information content (AvgIpc) is 2.70. The van der Waals surface area contributed by atoms with Crippen molar-refractivity contribution in [1.29, 1.82) is 0 Å². The highest BCUT2D eigenvalue weighted by atomic mass is 79.9. The molecule has 0 fully saturated rings. The molecule has 0 spiro atoms. The van der Waals surface area contributed by atoms with Crippen molar-refractivity contribution in [2.45, 2.75) is 47.0 Å². The van der Waals surface area contributed by atoms with Crippen LogP contribution in [-0.2, 0) is 5.41 Å². The molecule has 0 aliphatic heterocycles. The van der Waals surface area contributed by atoms with Crippen LogP contribution in [-0.4, -0.2) is 27.4 Å². The molecule has 0 saturated heterocycles. The number of rotatable bonds is 5. The maximum Gasteiger partial charge on any atom is 0.312 e. The molecular formula is C24H26Br2N4O4. The number of nitro groups is 1. The summed E-state index contributed by atoms with van der Waals surface area (Å²) >= 11 is 6.72. The summed E-state index contributed by atoms with van der Waals surface area (Å²) in [5.74, 6) is 0.555. The largest absolute Gasteiger partial charge is 0.486 e. The smallest absolute Gasteiger partial charge is 0.312 e. The maximum atomic E-state index is 13.4. The lowest BCUT2D eigenvalue weighted by Crippen LogP contribution is -2.29. The predicted molar refractivity (Wildman–Crippen MR) is 141 cm³/mol. The molecule has 0 unspecified atom stereocenters. The van der Waals surface area contributed by atoms with E-state index in [4.69, 9.17) is 9.72 Å². The molecule has 34 heavy (non-hydrogen) atoms. The Morgan fingerprint density at radius 1 is 1.12 bits per heavy atom. The molecule has 1 heterocycles.